The van der Waals surface area contributed by atoms with Crippen molar-refractivity contribution in [2.24, 2.45) is 0 Å². The summed E-state index contributed by atoms with van der Waals surface area (Å²) in [5.41, 5.74) is 1.12. The zero-order valence-corrected chi connectivity index (χ0v) is 9.56. The first-order valence-corrected chi connectivity index (χ1v) is 4.89. The molecule has 1 N–H and O–H groups in total. The molecule has 0 saturated heterocycles. The van der Waals surface area contributed by atoms with Crippen molar-refractivity contribution < 1.29 is 14.6 Å². The molecule has 0 aromatic carbocycles. The van der Waals surface area contributed by atoms with Gasteiger partial charge in [-0.2, -0.15) is 0 Å². The van der Waals surface area contributed by atoms with Crippen LogP contribution in [0.1, 0.15) is 17.4 Å². The third-order valence-electron chi connectivity index (χ3n) is 2.38. The third-order valence-corrected chi connectivity index (χ3v) is 2.38. The fraction of sp³-hybridized carbons (Fsp3) is 0.455. The summed E-state index contributed by atoms with van der Waals surface area (Å²) in [5.74, 6) is -0.975. The van der Waals surface area contributed by atoms with Crippen LogP contribution in [0.4, 0.5) is 0 Å². The number of hydrogen-bond acceptors (Lipinski definition) is 3. The van der Waals surface area contributed by atoms with Crippen molar-refractivity contribution in [3.05, 3.63) is 33.7 Å². The van der Waals surface area contributed by atoms with E-state index < -0.39 is 12.0 Å². The standard InChI is InChI=1S/C11H15NO4/c1-7-4-9(13)5-8(2)12(7)10(6-16-3)11(14)15/h4-5,10H,6H2,1-3H3,(H,14,15). The second-order valence-electron chi connectivity index (χ2n) is 3.65. The predicted octanol–water partition coefficient (Wildman–Crippen LogP) is 0.737. The molecular formula is C11H15NO4. The topological polar surface area (TPSA) is 68.5 Å². The zero-order chi connectivity index (χ0) is 12.3. The van der Waals surface area contributed by atoms with Gasteiger partial charge in [0.25, 0.3) is 0 Å². The van der Waals surface area contributed by atoms with Crippen molar-refractivity contribution in [2.75, 3.05) is 13.7 Å². The van der Waals surface area contributed by atoms with Gasteiger partial charge >= 0.3 is 5.97 Å². The summed E-state index contributed by atoms with van der Waals surface area (Å²) in [6.45, 7) is 3.49. The number of aromatic nitrogens is 1. The normalized spacial score (nSPS) is 12.4. The number of methoxy groups -OCH3 is 1. The monoisotopic (exact) mass is 225 g/mol. The number of rotatable bonds is 4. The SMILES string of the molecule is COCC(C(=O)O)n1c(C)cc(=O)cc1C. The molecule has 0 radical (unpaired) electrons. The quantitative estimate of drug-likeness (QED) is 0.820. The second kappa shape index (κ2) is 4.94. The highest BCUT2D eigenvalue weighted by molar-refractivity contribution is 5.72. The maximum atomic E-state index is 11.2. The maximum Gasteiger partial charge on any atom is 0.329 e. The lowest BCUT2D eigenvalue weighted by atomic mass is 10.2. The van der Waals surface area contributed by atoms with Crippen LogP contribution in [0.15, 0.2) is 16.9 Å². The fourth-order valence-corrected chi connectivity index (χ4v) is 1.78. The lowest BCUT2D eigenvalue weighted by Gasteiger charge is -2.21. The van der Waals surface area contributed by atoms with Gasteiger partial charge in [0, 0.05) is 30.6 Å². The van der Waals surface area contributed by atoms with Crippen molar-refractivity contribution in [3.63, 3.8) is 0 Å². The van der Waals surface area contributed by atoms with Crippen LogP contribution in [-0.4, -0.2) is 29.4 Å². The van der Waals surface area contributed by atoms with E-state index in [1.54, 1.807) is 18.4 Å². The van der Waals surface area contributed by atoms with E-state index in [9.17, 15) is 9.59 Å². The van der Waals surface area contributed by atoms with Crippen molar-refractivity contribution in [3.8, 4) is 0 Å². The molecule has 5 heteroatoms. The fourth-order valence-electron chi connectivity index (χ4n) is 1.78. The van der Waals surface area contributed by atoms with Gasteiger partial charge in [0.1, 0.15) is 0 Å². The van der Waals surface area contributed by atoms with Gasteiger partial charge in [-0.25, -0.2) is 4.79 Å². The molecule has 16 heavy (non-hydrogen) atoms. The number of ether oxygens (including phenoxy) is 1. The Morgan fingerprint density at radius 3 is 2.31 bits per heavy atom. The number of carboxylic acid groups (broad SMARTS) is 1. The average molecular weight is 225 g/mol. The van der Waals surface area contributed by atoms with Crippen molar-refractivity contribution in [2.45, 2.75) is 19.9 Å². The first-order valence-electron chi connectivity index (χ1n) is 4.89. The molecule has 5 nitrogen and oxygen atoms in total. The van der Waals surface area contributed by atoms with Crippen LogP contribution in [0.3, 0.4) is 0 Å². The Morgan fingerprint density at radius 2 is 1.94 bits per heavy atom. The molecule has 0 fully saturated rings. The molecule has 1 unspecified atom stereocenters. The van der Waals surface area contributed by atoms with Crippen molar-refractivity contribution in [1.82, 2.24) is 4.57 Å². The Balaban J connectivity index is 3.29. The van der Waals surface area contributed by atoms with E-state index in [0.717, 1.165) is 0 Å². The summed E-state index contributed by atoms with van der Waals surface area (Å²) in [5, 5.41) is 9.10. The number of carbonyl (C=O) groups is 1. The molecule has 0 aliphatic carbocycles. The van der Waals surface area contributed by atoms with Crippen molar-refractivity contribution >= 4 is 5.97 Å². The number of pyridine rings is 1. The highest BCUT2D eigenvalue weighted by Crippen LogP contribution is 2.13. The molecule has 88 valence electrons. The Morgan fingerprint density at radius 1 is 1.44 bits per heavy atom. The van der Waals surface area contributed by atoms with Crippen LogP contribution < -0.4 is 5.43 Å². The average Bonchev–Trinajstić information content (AvgIpc) is 2.14. The van der Waals surface area contributed by atoms with Crippen molar-refractivity contribution in [1.29, 1.82) is 0 Å². The zero-order valence-electron chi connectivity index (χ0n) is 9.56. The predicted molar refractivity (Wildman–Crippen MR) is 58.7 cm³/mol. The molecule has 0 aliphatic rings. The Hall–Kier alpha value is -1.62. The van der Waals surface area contributed by atoms with E-state index in [-0.39, 0.29) is 12.0 Å². The number of carboxylic acids is 1. The molecule has 1 atom stereocenters. The maximum absolute atomic E-state index is 11.2. The summed E-state index contributed by atoms with van der Waals surface area (Å²) in [4.78, 5) is 22.3. The van der Waals surface area contributed by atoms with Crippen LogP contribution in [-0.2, 0) is 9.53 Å². The highest BCUT2D eigenvalue weighted by Gasteiger charge is 2.21. The minimum absolute atomic E-state index is 0.0693. The second-order valence-corrected chi connectivity index (χ2v) is 3.65. The summed E-state index contributed by atoms with van der Waals surface area (Å²) in [7, 11) is 1.45. The Bertz CT molecular complexity index is 424. The molecule has 1 aromatic heterocycles. The van der Waals surface area contributed by atoms with E-state index in [1.807, 2.05) is 0 Å². The first kappa shape index (κ1) is 12.4. The molecule has 1 heterocycles. The minimum Gasteiger partial charge on any atom is -0.480 e. The molecule has 0 saturated carbocycles. The molecular weight excluding hydrogens is 210 g/mol. The van der Waals surface area contributed by atoms with E-state index in [4.69, 9.17) is 9.84 Å². The van der Waals surface area contributed by atoms with E-state index in [0.29, 0.717) is 11.4 Å². The van der Waals surface area contributed by atoms with Gasteiger partial charge in [-0.1, -0.05) is 0 Å². The van der Waals surface area contributed by atoms with Gasteiger partial charge < -0.3 is 14.4 Å². The first-order chi connectivity index (χ1) is 7.47. The van der Waals surface area contributed by atoms with Gasteiger partial charge in [-0.15, -0.1) is 0 Å². The van der Waals surface area contributed by atoms with E-state index in [1.165, 1.54) is 19.2 Å². The Labute approximate surface area is 93.3 Å². The lowest BCUT2D eigenvalue weighted by molar-refractivity contribution is -0.142. The van der Waals surface area contributed by atoms with Crippen LogP contribution in [0.2, 0.25) is 0 Å². The molecule has 1 rings (SSSR count). The molecule has 1 aromatic rings. The van der Waals surface area contributed by atoms with Gasteiger partial charge in [0.15, 0.2) is 11.5 Å². The number of aryl methyl sites for hydroxylation is 2. The summed E-state index contributed by atoms with van der Waals surface area (Å²) in [6.07, 6.45) is 0. The van der Waals surface area contributed by atoms with Crippen LogP contribution in [0.5, 0.6) is 0 Å². The van der Waals surface area contributed by atoms with Gasteiger partial charge in [-0.05, 0) is 13.8 Å². The minimum atomic E-state index is -0.975. The van der Waals surface area contributed by atoms with E-state index >= 15 is 0 Å². The largest absolute Gasteiger partial charge is 0.480 e. The highest BCUT2D eigenvalue weighted by atomic mass is 16.5. The molecule has 0 amide bonds. The van der Waals surface area contributed by atoms with Gasteiger partial charge in [0.05, 0.1) is 6.61 Å². The number of hydrogen-bond donors (Lipinski definition) is 1. The molecule has 0 bridgehead atoms. The smallest absolute Gasteiger partial charge is 0.329 e. The van der Waals surface area contributed by atoms with Crippen LogP contribution in [0, 0.1) is 13.8 Å². The molecule has 0 spiro atoms. The molecule has 0 aliphatic heterocycles. The third kappa shape index (κ3) is 2.49. The lowest BCUT2D eigenvalue weighted by Crippen LogP contribution is -2.28. The van der Waals surface area contributed by atoms with Crippen LogP contribution >= 0.6 is 0 Å². The number of aliphatic carboxylic acids is 1. The summed E-state index contributed by atoms with van der Waals surface area (Å²) < 4.78 is 6.47. The summed E-state index contributed by atoms with van der Waals surface area (Å²) >= 11 is 0. The van der Waals surface area contributed by atoms with Gasteiger partial charge in [0.2, 0.25) is 0 Å². The van der Waals surface area contributed by atoms with Gasteiger partial charge in [-0.3, -0.25) is 4.79 Å². The summed E-state index contributed by atoms with van der Waals surface area (Å²) in [6, 6.07) is 2.03. The van der Waals surface area contributed by atoms with Crippen LogP contribution in [0.25, 0.3) is 0 Å². The van der Waals surface area contributed by atoms with E-state index in [2.05, 4.69) is 0 Å². The Kier molecular flexibility index (Phi) is 3.84. The number of nitrogens with zero attached hydrogens (tertiary/aromatic N) is 1.